The summed E-state index contributed by atoms with van der Waals surface area (Å²) in [4.78, 5) is 13.6. The number of carbonyl (C=O) groups excluding carboxylic acids is 1. The van der Waals surface area contributed by atoms with Crippen molar-refractivity contribution in [3.8, 4) is 0 Å². The molecule has 0 amide bonds. The van der Waals surface area contributed by atoms with Crippen LogP contribution in [0, 0.1) is 0 Å². The molecule has 0 heterocycles. The van der Waals surface area contributed by atoms with Crippen LogP contribution in [0.2, 0.25) is 0 Å². The predicted molar refractivity (Wildman–Crippen MR) is 118 cm³/mol. The van der Waals surface area contributed by atoms with Gasteiger partial charge in [0.1, 0.15) is 0 Å². The Morgan fingerprint density at radius 2 is 1.19 bits per heavy atom. The smallest absolute Gasteiger partial charge is 0.334 e. The van der Waals surface area contributed by atoms with Crippen molar-refractivity contribution in [2.45, 2.75) is 123 Å². The van der Waals surface area contributed by atoms with Crippen LogP contribution in [0.15, 0.2) is 12.2 Å². The van der Waals surface area contributed by atoms with Gasteiger partial charge in [0, 0.05) is 12.1 Å². The van der Waals surface area contributed by atoms with Gasteiger partial charge in [0.05, 0.1) is 0 Å². The zero-order valence-corrected chi connectivity index (χ0v) is 18.9. The highest BCUT2D eigenvalue weighted by atomic mass is 16.6. The molecule has 0 radical (unpaired) electrons. The molecule has 0 spiro atoms. The van der Waals surface area contributed by atoms with E-state index in [-0.39, 0.29) is 12.2 Å². The van der Waals surface area contributed by atoms with E-state index in [1.165, 1.54) is 96.3 Å². The molecule has 0 N–H and O–H groups in total. The molecule has 160 valence electrons. The second kappa shape index (κ2) is 18.5. The van der Waals surface area contributed by atoms with Crippen molar-refractivity contribution in [3.05, 3.63) is 12.2 Å². The monoisotopic (exact) mass is 381 g/mol. The second-order valence-electron chi connectivity index (χ2n) is 8.22. The Labute approximate surface area is 169 Å². The van der Waals surface area contributed by atoms with Crippen molar-refractivity contribution >= 4 is 5.97 Å². The van der Waals surface area contributed by atoms with Gasteiger partial charge in [0.15, 0.2) is 6.23 Å². The number of nitrogens with zero attached hydrogens (tertiary/aromatic N) is 1. The minimum atomic E-state index is -0.300. The Hall–Kier alpha value is -0.830. The van der Waals surface area contributed by atoms with Gasteiger partial charge < -0.3 is 4.74 Å². The number of unbranched alkanes of at least 4 members (excludes halogenated alkanes) is 14. The SMILES string of the molecule is C=C(C)C(=O)OC(C)N(C)CCCCCCCCCCCCCCCCC. The van der Waals surface area contributed by atoms with Crippen LogP contribution >= 0.6 is 0 Å². The van der Waals surface area contributed by atoms with Crippen LogP contribution in [-0.2, 0) is 9.53 Å². The molecule has 0 aliphatic heterocycles. The molecule has 1 unspecified atom stereocenters. The molecular formula is C24H47NO2. The van der Waals surface area contributed by atoms with Crippen molar-refractivity contribution in [1.82, 2.24) is 4.90 Å². The average Bonchev–Trinajstić information content (AvgIpc) is 2.64. The second-order valence-corrected chi connectivity index (χ2v) is 8.22. The Morgan fingerprint density at radius 3 is 1.56 bits per heavy atom. The molecule has 0 aromatic carbocycles. The Kier molecular flexibility index (Phi) is 18.0. The number of esters is 1. The third-order valence-electron chi connectivity index (χ3n) is 5.36. The molecule has 0 saturated carbocycles. The van der Waals surface area contributed by atoms with Gasteiger partial charge in [0.25, 0.3) is 0 Å². The van der Waals surface area contributed by atoms with Crippen LogP contribution in [0.25, 0.3) is 0 Å². The normalized spacial score (nSPS) is 12.3. The fourth-order valence-electron chi connectivity index (χ4n) is 3.26. The lowest BCUT2D eigenvalue weighted by atomic mass is 10.0. The van der Waals surface area contributed by atoms with Crippen molar-refractivity contribution in [3.63, 3.8) is 0 Å². The minimum Gasteiger partial charge on any atom is -0.443 e. The largest absolute Gasteiger partial charge is 0.443 e. The van der Waals surface area contributed by atoms with Crippen LogP contribution in [0.5, 0.6) is 0 Å². The minimum absolute atomic E-state index is 0.180. The van der Waals surface area contributed by atoms with E-state index >= 15 is 0 Å². The van der Waals surface area contributed by atoms with E-state index in [1.54, 1.807) is 6.92 Å². The Balaban J connectivity index is 3.33. The number of hydrogen-bond acceptors (Lipinski definition) is 3. The van der Waals surface area contributed by atoms with Gasteiger partial charge in [0.2, 0.25) is 0 Å². The summed E-state index contributed by atoms with van der Waals surface area (Å²) in [6.45, 7) is 10.5. The molecule has 3 nitrogen and oxygen atoms in total. The van der Waals surface area contributed by atoms with E-state index < -0.39 is 0 Å². The van der Waals surface area contributed by atoms with Crippen LogP contribution in [0.4, 0.5) is 0 Å². The van der Waals surface area contributed by atoms with Crippen LogP contribution in [0.1, 0.15) is 117 Å². The lowest BCUT2D eigenvalue weighted by Gasteiger charge is -2.24. The molecule has 0 aliphatic rings. The van der Waals surface area contributed by atoms with E-state index in [4.69, 9.17) is 4.74 Å². The first-order valence-electron chi connectivity index (χ1n) is 11.6. The third kappa shape index (κ3) is 17.0. The van der Waals surface area contributed by atoms with Gasteiger partial charge in [-0.25, -0.2) is 4.79 Å². The molecule has 0 aromatic rings. The summed E-state index contributed by atoms with van der Waals surface area (Å²) >= 11 is 0. The van der Waals surface area contributed by atoms with Gasteiger partial charge in [-0.2, -0.15) is 0 Å². The van der Waals surface area contributed by atoms with Gasteiger partial charge >= 0.3 is 5.97 Å². The fourth-order valence-corrected chi connectivity index (χ4v) is 3.26. The third-order valence-corrected chi connectivity index (χ3v) is 5.36. The summed E-state index contributed by atoms with van der Waals surface area (Å²) in [6, 6.07) is 0. The zero-order valence-electron chi connectivity index (χ0n) is 18.9. The highest BCUT2D eigenvalue weighted by molar-refractivity contribution is 5.87. The molecule has 1 atom stereocenters. The van der Waals surface area contributed by atoms with Crippen LogP contribution < -0.4 is 0 Å². The summed E-state index contributed by atoms with van der Waals surface area (Å²) in [5.74, 6) is -0.300. The van der Waals surface area contributed by atoms with E-state index in [2.05, 4.69) is 18.4 Å². The summed E-state index contributed by atoms with van der Waals surface area (Å²) in [6.07, 6.45) is 20.6. The average molecular weight is 382 g/mol. The topological polar surface area (TPSA) is 29.5 Å². The highest BCUT2D eigenvalue weighted by Gasteiger charge is 2.14. The number of carbonyl (C=O) groups is 1. The number of ether oxygens (including phenoxy) is 1. The summed E-state index contributed by atoms with van der Waals surface area (Å²) in [5.41, 5.74) is 0.460. The van der Waals surface area contributed by atoms with Crippen LogP contribution in [0.3, 0.4) is 0 Å². The van der Waals surface area contributed by atoms with Gasteiger partial charge in [-0.05, 0) is 27.3 Å². The molecular weight excluding hydrogens is 334 g/mol. The lowest BCUT2D eigenvalue weighted by molar-refractivity contribution is -0.151. The quantitative estimate of drug-likeness (QED) is 0.102. The van der Waals surface area contributed by atoms with Gasteiger partial charge in [-0.15, -0.1) is 0 Å². The zero-order chi connectivity index (χ0) is 20.3. The number of hydrogen-bond donors (Lipinski definition) is 0. The lowest BCUT2D eigenvalue weighted by Crippen LogP contribution is -2.34. The fraction of sp³-hybridized carbons (Fsp3) is 0.875. The van der Waals surface area contributed by atoms with E-state index in [9.17, 15) is 4.79 Å². The van der Waals surface area contributed by atoms with E-state index in [1.807, 2.05) is 14.0 Å². The maximum atomic E-state index is 11.5. The Morgan fingerprint density at radius 1 is 0.815 bits per heavy atom. The number of rotatable bonds is 19. The standard InChI is InChI=1S/C24H47NO2/c1-6-7-8-9-10-11-12-13-14-15-16-17-18-19-20-21-25(5)23(4)27-24(26)22(2)3/h23H,2,6-21H2,1,3-5H3. The summed E-state index contributed by atoms with van der Waals surface area (Å²) < 4.78 is 5.34. The molecule has 0 rings (SSSR count). The first kappa shape index (κ1) is 26.2. The molecule has 3 heteroatoms. The molecule has 27 heavy (non-hydrogen) atoms. The first-order valence-corrected chi connectivity index (χ1v) is 11.6. The predicted octanol–water partition coefficient (Wildman–Crippen LogP) is 7.25. The van der Waals surface area contributed by atoms with Crippen LogP contribution in [-0.4, -0.2) is 30.7 Å². The molecule has 0 aromatic heterocycles. The van der Waals surface area contributed by atoms with Gasteiger partial charge in [-0.3, -0.25) is 4.90 Å². The van der Waals surface area contributed by atoms with Gasteiger partial charge in [-0.1, -0.05) is 103 Å². The van der Waals surface area contributed by atoms with Crippen molar-refractivity contribution < 1.29 is 9.53 Å². The Bertz CT molecular complexity index is 367. The first-order chi connectivity index (χ1) is 13.0. The highest BCUT2D eigenvalue weighted by Crippen LogP contribution is 2.13. The molecule has 0 fully saturated rings. The molecule has 0 bridgehead atoms. The van der Waals surface area contributed by atoms with Crippen molar-refractivity contribution in [2.75, 3.05) is 13.6 Å². The van der Waals surface area contributed by atoms with E-state index in [0.29, 0.717) is 5.57 Å². The van der Waals surface area contributed by atoms with Crippen molar-refractivity contribution in [1.29, 1.82) is 0 Å². The molecule has 0 saturated heterocycles. The maximum absolute atomic E-state index is 11.5. The summed E-state index contributed by atoms with van der Waals surface area (Å²) in [7, 11) is 2.01. The maximum Gasteiger partial charge on any atom is 0.334 e. The van der Waals surface area contributed by atoms with E-state index in [0.717, 1.165) is 6.54 Å². The molecule has 0 aliphatic carbocycles. The van der Waals surface area contributed by atoms with Crippen molar-refractivity contribution in [2.24, 2.45) is 0 Å². The summed E-state index contributed by atoms with van der Waals surface area (Å²) in [5, 5.41) is 0.